The first-order valence-corrected chi connectivity index (χ1v) is 21.2. The van der Waals surface area contributed by atoms with Gasteiger partial charge in [-0.25, -0.2) is 39.9 Å². The van der Waals surface area contributed by atoms with Crippen molar-refractivity contribution in [1.82, 2.24) is 64.8 Å². The second-order valence-corrected chi connectivity index (χ2v) is 16.3. The maximum absolute atomic E-state index is 6.30. The van der Waals surface area contributed by atoms with Gasteiger partial charge in [0, 0.05) is 96.7 Å². The number of piperazine rings is 2. The summed E-state index contributed by atoms with van der Waals surface area (Å²) in [5.74, 6) is 3.79. The van der Waals surface area contributed by atoms with Gasteiger partial charge in [0.05, 0.1) is 12.4 Å². The van der Waals surface area contributed by atoms with Crippen molar-refractivity contribution in [2.24, 2.45) is 0 Å². The number of fused-ring (bicyclic) bond motifs is 2. The van der Waals surface area contributed by atoms with Gasteiger partial charge < -0.3 is 39.6 Å². The smallest absolute Gasteiger partial charge is 0.186 e. The van der Waals surface area contributed by atoms with Crippen molar-refractivity contribution in [2.75, 3.05) is 150 Å². The number of aromatic nitrogens is 8. The molecule has 0 spiro atoms. The molecule has 0 atom stereocenters. The van der Waals surface area contributed by atoms with Crippen LogP contribution < -0.4 is 20.0 Å². The van der Waals surface area contributed by atoms with Crippen molar-refractivity contribution in [3.63, 3.8) is 0 Å². The Labute approximate surface area is 365 Å². The van der Waals surface area contributed by atoms with E-state index in [0.29, 0.717) is 33.6 Å². The van der Waals surface area contributed by atoms with Gasteiger partial charge >= 0.3 is 0 Å². The van der Waals surface area contributed by atoms with Crippen LogP contribution in [0.15, 0.2) is 73.1 Å². The molecule has 0 unspecified atom stereocenters. The molecule has 0 aliphatic carbocycles. The van der Waals surface area contributed by atoms with E-state index < -0.39 is 0 Å². The fraction of sp³-hybridized carbons (Fsp3) is 0.455. The first-order valence-electron chi connectivity index (χ1n) is 20.9. The minimum absolute atomic E-state index is 0.330. The Morgan fingerprint density at radius 3 is 1.48 bits per heavy atom. The molecule has 0 amide bonds. The molecule has 61 heavy (non-hydrogen) atoms. The molecule has 2 aliphatic rings. The Hall–Kier alpha value is -5.23. The zero-order valence-corrected chi connectivity index (χ0v) is 37.8. The SMILES string of the molecule is CN(C)CCN(C)c1nc(-c2ccccc2)nc2nc(N3CCN(C)CC3)cnc12.CN1CCN(c2cnc3c(Cl)nc(-c4ccccc4)nc3n2)CC1.CNCCN(C)C. The highest BCUT2D eigenvalue weighted by Gasteiger charge is 2.21. The molecular formula is C44H61ClN16. The van der Waals surface area contributed by atoms with Crippen LogP contribution in [0.4, 0.5) is 17.5 Å². The molecule has 0 radical (unpaired) electrons. The lowest BCUT2D eigenvalue weighted by molar-refractivity contribution is 0.312. The van der Waals surface area contributed by atoms with Crippen molar-refractivity contribution >= 4 is 51.4 Å². The number of halogens is 1. The maximum atomic E-state index is 6.30. The van der Waals surface area contributed by atoms with Crippen LogP contribution in [0.25, 0.3) is 45.1 Å². The number of rotatable bonds is 11. The van der Waals surface area contributed by atoms with Crippen LogP contribution in [0.1, 0.15) is 0 Å². The van der Waals surface area contributed by atoms with E-state index in [1.165, 1.54) is 0 Å². The van der Waals surface area contributed by atoms with Crippen LogP contribution in [-0.2, 0) is 0 Å². The summed E-state index contributed by atoms with van der Waals surface area (Å²) >= 11 is 6.30. The van der Waals surface area contributed by atoms with E-state index in [1.54, 1.807) is 6.20 Å². The molecule has 4 aromatic heterocycles. The first-order chi connectivity index (χ1) is 29.5. The Balaban J connectivity index is 0.000000180. The molecule has 17 heteroatoms. The van der Waals surface area contributed by atoms with Crippen LogP contribution in [0, 0.1) is 0 Å². The van der Waals surface area contributed by atoms with Gasteiger partial charge in [-0.05, 0) is 49.3 Å². The third-order valence-corrected chi connectivity index (χ3v) is 10.8. The number of likely N-dealkylation sites (N-methyl/N-ethyl adjacent to an activating group) is 6. The van der Waals surface area contributed by atoms with Crippen LogP contribution >= 0.6 is 11.6 Å². The van der Waals surface area contributed by atoms with Gasteiger partial charge in [0.25, 0.3) is 0 Å². The lowest BCUT2D eigenvalue weighted by atomic mass is 10.2. The zero-order chi connectivity index (χ0) is 43.3. The maximum Gasteiger partial charge on any atom is 0.186 e. The molecule has 0 saturated carbocycles. The van der Waals surface area contributed by atoms with Crippen LogP contribution in [0.3, 0.4) is 0 Å². The lowest BCUT2D eigenvalue weighted by Crippen LogP contribution is -2.44. The van der Waals surface area contributed by atoms with E-state index in [1.807, 2.05) is 73.9 Å². The molecule has 2 fully saturated rings. The van der Waals surface area contributed by atoms with Crippen molar-refractivity contribution in [1.29, 1.82) is 0 Å². The highest BCUT2D eigenvalue weighted by Crippen LogP contribution is 2.27. The molecule has 1 N–H and O–H groups in total. The molecule has 6 heterocycles. The summed E-state index contributed by atoms with van der Waals surface area (Å²) in [6, 6.07) is 19.8. The third kappa shape index (κ3) is 12.7. The van der Waals surface area contributed by atoms with E-state index in [9.17, 15) is 0 Å². The van der Waals surface area contributed by atoms with Crippen LogP contribution in [0.5, 0.6) is 0 Å². The molecular weight excluding hydrogens is 788 g/mol. The summed E-state index contributed by atoms with van der Waals surface area (Å²) < 4.78 is 0. The summed E-state index contributed by atoms with van der Waals surface area (Å²) in [6.45, 7) is 11.8. The Morgan fingerprint density at radius 1 is 0.557 bits per heavy atom. The number of hydrogen-bond donors (Lipinski definition) is 1. The number of nitrogens with one attached hydrogen (secondary N) is 1. The Kier molecular flexibility index (Phi) is 16.4. The zero-order valence-electron chi connectivity index (χ0n) is 37.0. The lowest BCUT2D eigenvalue weighted by Gasteiger charge is -2.33. The average Bonchev–Trinajstić information content (AvgIpc) is 3.28. The fourth-order valence-corrected chi connectivity index (χ4v) is 6.83. The van der Waals surface area contributed by atoms with Crippen molar-refractivity contribution < 1.29 is 0 Å². The van der Waals surface area contributed by atoms with Gasteiger partial charge in [0.15, 0.2) is 39.4 Å². The number of anilines is 3. The van der Waals surface area contributed by atoms with E-state index in [2.05, 4.69) is 109 Å². The van der Waals surface area contributed by atoms with Crippen molar-refractivity contribution in [3.05, 3.63) is 78.2 Å². The predicted molar refractivity (Wildman–Crippen MR) is 250 cm³/mol. The predicted octanol–water partition coefficient (Wildman–Crippen LogP) is 4.10. The topological polar surface area (TPSA) is 138 Å². The van der Waals surface area contributed by atoms with Gasteiger partial charge in [0.2, 0.25) is 0 Å². The van der Waals surface area contributed by atoms with Crippen LogP contribution in [0.2, 0.25) is 5.15 Å². The second-order valence-electron chi connectivity index (χ2n) is 16.0. The minimum atomic E-state index is 0.330. The summed E-state index contributed by atoms with van der Waals surface area (Å²) in [5.41, 5.74) is 4.35. The largest absolute Gasteiger partial charge is 0.356 e. The second kappa shape index (κ2) is 22.0. The molecule has 2 saturated heterocycles. The summed E-state index contributed by atoms with van der Waals surface area (Å²) in [6.07, 6.45) is 3.62. The molecule has 2 aliphatic heterocycles. The fourth-order valence-electron chi connectivity index (χ4n) is 6.62. The van der Waals surface area contributed by atoms with E-state index in [-0.39, 0.29) is 0 Å². The Bertz CT molecular complexity index is 2260. The van der Waals surface area contributed by atoms with Gasteiger partial charge in [-0.15, -0.1) is 0 Å². The normalized spacial score (nSPS) is 14.9. The van der Waals surface area contributed by atoms with Crippen molar-refractivity contribution in [3.8, 4) is 22.8 Å². The highest BCUT2D eigenvalue weighted by molar-refractivity contribution is 6.33. The molecule has 6 aromatic rings. The van der Waals surface area contributed by atoms with Gasteiger partial charge in [-0.3, -0.25) is 0 Å². The number of nitrogens with zero attached hydrogens (tertiary/aromatic N) is 15. The molecule has 8 rings (SSSR count). The van der Waals surface area contributed by atoms with Gasteiger partial charge in [-0.2, -0.15) is 0 Å². The standard InChI is InChI=1S/C22H30N8.C17H17ClN6.C5H14N2/c1-27(2)10-13-29(4)22-19-21(25-20(26-22)17-8-6-5-7-9-17)24-18(16-23-19)30-14-11-28(3)12-15-30;1-23-7-9-24(10-8-23)13-11-19-14-15(18)21-16(22-17(14)20-13)12-5-3-2-4-6-12;1-6-4-5-7(2)3/h5-9,16H,10-15H2,1-4H3;2-6,11H,7-10H2,1H3;6H,4-5H2,1-3H3. The molecule has 0 bridgehead atoms. The monoisotopic (exact) mass is 848 g/mol. The number of benzene rings is 2. The average molecular weight is 850 g/mol. The Morgan fingerprint density at radius 2 is 1.02 bits per heavy atom. The van der Waals surface area contributed by atoms with E-state index in [0.717, 1.165) is 113 Å². The van der Waals surface area contributed by atoms with Gasteiger partial charge in [-0.1, -0.05) is 72.3 Å². The van der Waals surface area contributed by atoms with E-state index in [4.69, 9.17) is 31.5 Å². The molecule has 16 nitrogen and oxygen atoms in total. The number of hydrogen-bond acceptors (Lipinski definition) is 16. The minimum Gasteiger partial charge on any atom is -0.356 e. The third-order valence-electron chi connectivity index (χ3n) is 10.5. The highest BCUT2D eigenvalue weighted by atomic mass is 35.5. The van der Waals surface area contributed by atoms with Crippen LogP contribution in [-0.4, -0.2) is 194 Å². The van der Waals surface area contributed by atoms with Crippen molar-refractivity contribution in [2.45, 2.75) is 0 Å². The summed E-state index contributed by atoms with van der Waals surface area (Å²) in [7, 11) is 16.6. The summed E-state index contributed by atoms with van der Waals surface area (Å²) in [4.78, 5) is 53.0. The molecule has 324 valence electrons. The van der Waals surface area contributed by atoms with Gasteiger partial charge in [0.1, 0.15) is 17.2 Å². The molecule has 2 aromatic carbocycles. The summed E-state index contributed by atoms with van der Waals surface area (Å²) in [5, 5.41) is 3.39. The quantitative estimate of drug-likeness (QED) is 0.187. The van der Waals surface area contributed by atoms with E-state index >= 15 is 0 Å². The first kappa shape index (κ1) is 45.3.